The minimum absolute atomic E-state index is 0.0242. The normalized spacial score (nSPS) is 10.7. The van der Waals surface area contributed by atoms with E-state index in [1.54, 1.807) is 50.6 Å². The Morgan fingerprint density at radius 3 is 2.35 bits per heavy atom. The van der Waals surface area contributed by atoms with Crippen molar-refractivity contribution in [2.45, 2.75) is 0 Å². The lowest BCUT2D eigenvalue weighted by Crippen LogP contribution is -2.13. The van der Waals surface area contributed by atoms with Gasteiger partial charge in [-0.3, -0.25) is 4.79 Å². The maximum absolute atomic E-state index is 12.4. The van der Waals surface area contributed by atoms with Crippen LogP contribution in [-0.2, 0) is 4.79 Å². The summed E-state index contributed by atoms with van der Waals surface area (Å²) in [6, 6.07) is 12.3. The molecule has 6 nitrogen and oxygen atoms in total. The zero-order chi connectivity index (χ0) is 19.1. The highest BCUT2D eigenvalue weighted by Gasteiger charge is 2.13. The van der Waals surface area contributed by atoms with Crippen LogP contribution in [0.3, 0.4) is 0 Å². The van der Waals surface area contributed by atoms with Crippen molar-refractivity contribution < 1.29 is 19.0 Å². The third kappa shape index (κ3) is 4.67. The molecule has 0 unspecified atom stereocenters. The van der Waals surface area contributed by atoms with Crippen LogP contribution in [0, 0.1) is 14.9 Å². The molecule has 0 saturated heterocycles. The second-order valence-electron chi connectivity index (χ2n) is 5.09. The van der Waals surface area contributed by atoms with Crippen molar-refractivity contribution in [1.82, 2.24) is 0 Å². The number of nitrogens with zero attached hydrogens (tertiary/aromatic N) is 1. The standard InChI is InChI=1S/C19H17IN2O4/c1-24-15-6-4-14(5-7-15)22-19(23)13(11-21)8-12-9-16(20)18(26-3)17(10-12)25-2/h4-10H,1-3H3,(H,22,23)/b13-8-. The maximum atomic E-state index is 12.4. The first-order valence-corrected chi connectivity index (χ1v) is 8.59. The van der Waals surface area contributed by atoms with Gasteiger partial charge in [0.05, 0.1) is 24.9 Å². The summed E-state index contributed by atoms with van der Waals surface area (Å²) in [5.41, 5.74) is 1.20. The van der Waals surface area contributed by atoms with Gasteiger partial charge in [-0.25, -0.2) is 0 Å². The average Bonchev–Trinajstić information content (AvgIpc) is 2.66. The topological polar surface area (TPSA) is 80.6 Å². The molecule has 0 aromatic heterocycles. The monoisotopic (exact) mass is 464 g/mol. The van der Waals surface area contributed by atoms with E-state index >= 15 is 0 Å². The summed E-state index contributed by atoms with van der Waals surface area (Å²) in [4.78, 5) is 12.4. The molecular formula is C19H17IN2O4. The first kappa shape index (κ1) is 19.6. The van der Waals surface area contributed by atoms with Crippen molar-refractivity contribution in [1.29, 1.82) is 5.26 Å². The molecule has 2 aromatic rings. The van der Waals surface area contributed by atoms with Gasteiger partial charge in [0.25, 0.3) is 5.91 Å². The van der Waals surface area contributed by atoms with Crippen LogP contribution in [0.5, 0.6) is 17.2 Å². The third-order valence-electron chi connectivity index (χ3n) is 3.48. The highest BCUT2D eigenvalue weighted by Crippen LogP contribution is 2.34. The van der Waals surface area contributed by atoms with Crippen molar-refractivity contribution >= 4 is 40.3 Å². The molecule has 2 rings (SSSR count). The molecule has 0 spiro atoms. The van der Waals surface area contributed by atoms with Crippen LogP contribution in [0.1, 0.15) is 5.56 Å². The Morgan fingerprint density at radius 2 is 1.81 bits per heavy atom. The molecule has 0 aliphatic heterocycles. The van der Waals surface area contributed by atoms with Crippen LogP contribution < -0.4 is 19.5 Å². The second-order valence-corrected chi connectivity index (χ2v) is 6.25. The highest BCUT2D eigenvalue weighted by atomic mass is 127. The number of halogens is 1. The molecule has 1 N–H and O–H groups in total. The van der Waals surface area contributed by atoms with Gasteiger partial charge in [0.1, 0.15) is 17.4 Å². The Labute approximate surface area is 165 Å². The van der Waals surface area contributed by atoms with E-state index in [2.05, 4.69) is 27.9 Å². The molecule has 0 bridgehead atoms. The van der Waals surface area contributed by atoms with Gasteiger partial charge in [-0.05, 0) is 70.6 Å². The van der Waals surface area contributed by atoms with Crippen LogP contribution in [0.4, 0.5) is 5.69 Å². The number of benzene rings is 2. The molecule has 7 heteroatoms. The predicted molar refractivity (Wildman–Crippen MR) is 107 cm³/mol. The highest BCUT2D eigenvalue weighted by molar-refractivity contribution is 14.1. The molecule has 0 heterocycles. The first-order chi connectivity index (χ1) is 12.5. The van der Waals surface area contributed by atoms with Crippen molar-refractivity contribution in [2.24, 2.45) is 0 Å². The second kappa shape index (κ2) is 9.10. The minimum atomic E-state index is -0.498. The van der Waals surface area contributed by atoms with E-state index in [-0.39, 0.29) is 5.57 Å². The van der Waals surface area contributed by atoms with E-state index in [1.165, 1.54) is 13.2 Å². The number of hydrogen-bond acceptors (Lipinski definition) is 5. The molecule has 2 aromatic carbocycles. The van der Waals surface area contributed by atoms with Crippen molar-refractivity contribution in [2.75, 3.05) is 26.6 Å². The molecule has 0 atom stereocenters. The number of nitrogens with one attached hydrogen (secondary N) is 1. The first-order valence-electron chi connectivity index (χ1n) is 7.51. The fraction of sp³-hybridized carbons (Fsp3) is 0.158. The number of rotatable bonds is 6. The Morgan fingerprint density at radius 1 is 1.12 bits per heavy atom. The zero-order valence-corrected chi connectivity index (χ0v) is 16.7. The van der Waals surface area contributed by atoms with Crippen LogP contribution in [0.25, 0.3) is 6.08 Å². The SMILES string of the molecule is COc1ccc(NC(=O)/C(C#N)=C\c2cc(I)c(OC)c(OC)c2)cc1. The summed E-state index contributed by atoms with van der Waals surface area (Å²) in [6.45, 7) is 0. The molecule has 0 radical (unpaired) electrons. The lowest BCUT2D eigenvalue weighted by atomic mass is 10.1. The van der Waals surface area contributed by atoms with E-state index in [1.807, 2.05) is 6.07 Å². The van der Waals surface area contributed by atoms with Crippen LogP contribution in [-0.4, -0.2) is 27.2 Å². The van der Waals surface area contributed by atoms with E-state index in [0.717, 1.165) is 3.57 Å². The molecule has 0 aliphatic carbocycles. The Bertz CT molecular complexity index is 870. The van der Waals surface area contributed by atoms with Gasteiger partial charge in [-0.1, -0.05) is 0 Å². The van der Waals surface area contributed by atoms with Gasteiger partial charge in [0.2, 0.25) is 0 Å². The molecule has 0 fully saturated rings. The smallest absolute Gasteiger partial charge is 0.266 e. The van der Waals surface area contributed by atoms with Gasteiger partial charge >= 0.3 is 0 Å². The van der Waals surface area contributed by atoms with Crippen LogP contribution in [0.2, 0.25) is 0 Å². The maximum Gasteiger partial charge on any atom is 0.266 e. The third-order valence-corrected chi connectivity index (χ3v) is 4.28. The predicted octanol–water partition coefficient (Wildman–Crippen LogP) is 3.86. The largest absolute Gasteiger partial charge is 0.497 e. The number of carbonyl (C=O) groups is 1. The van der Waals surface area contributed by atoms with Gasteiger partial charge in [0.15, 0.2) is 11.5 Å². The molecule has 134 valence electrons. The molecular weight excluding hydrogens is 447 g/mol. The number of carbonyl (C=O) groups excluding carboxylic acids is 1. The number of methoxy groups -OCH3 is 3. The zero-order valence-electron chi connectivity index (χ0n) is 14.5. The number of hydrogen-bond donors (Lipinski definition) is 1. The lowest BCUT2D eigenvalue weighted by Gasteiger charge is -2.11. The fourth-order valence-corrected chi connectivity index (χ4v) is 3.05. The molecule has 0 saturated carbocycles. The summed E-state index contributed by atoms with van der Waals surface area (Å²) >= 11 is 2.11. The van der Waals surface area contributed by atoms with E-state index in [4.69, 9.17) is 14.2 Å². The van der Waals surface area contributed by atoms with Gasteiger partial charge in [-0.15, -0.1) is 0 Å². The summed E-state index contributed by atoms with van der Waals surface area (Å²) < 4.78 is 16.5. The number of anilines is 1. The summed E-state index contributed by atoms with van der Waals surface area (Å²) in [5, 5.41) is 12.0. The van der Waals surface area contributed by atoms with Gasteiger partial charge < -0.3 is 19.5 Å². The minimum Gasteiger partial charge on any atom is -0.497 e. The van der Waals surface area contributed by atoms with Crippen LogP contribution in [0.15, 0.2) is 42.0 Å². The van der Waals surface area contributed by atoms with Crippen molar-refractivity contribution in [3.63, 3.8) is 0 Å². The fourth-order valence-electron chi connectivity index (χ4n) is 2.21. The van der Waals surface area contributed by atoms with E-state index < -0.39 is 5.91 Å². The Kier molecular flexibility index (Phi) is 6.86. The summed E-state index contributed by atoms with van der Waals surface area (Å²) in [7, 11) is 4.65. The lowest BCUT2D eigenvalue weighted by molar-refractivity contribution is -0.112. The summed E-state index contributed by atoms with van der Waals surface area (Å²) in [6.07, 6.45) is 1.50. The average molecular weight is 464 g/mol. The number of nitriles is 1. The molecule has 26 heavy (non-hydrogen) atoms. The van der Waals surface area contributed by atoms with Crippen molar-refractivity contribution in [3.05, 3.63) is 51.1 Å². The Balaban J connectivity index is 2.27. The molecule has 1 amide bonds. The van der Waals surface area contributed by atoms with Crippen molar-refractivity contribution in [3.8, 4) is 23.3 Å². The van der Waals surface area contributed by atoms with Crippen LogP contribution >= 0.6 is 22.6 Å². The van der Waals surface area contributed by atoms with Gasteiger partial charge in [-0.2, -0.15) is 5.26 Å². The number of amides is 1. The quantitative estimate of drug-likeness (QED) is 0.399. The number of ether oxygens (including phenoxy) is 3. The molecule has 0 aliphatic rings. The Hall–Kier alpha value is -2.73. The van der Waals surface area contributed by atoms with Gasteiger partial charge in [0, 0.05) is 5.69 Å². The van der Waals surface area contributed by atoms with E-state index in [0.29, 0.717) is 28.5 Å². The summed E-state index contributed by atoms with van der Waals surface area (Å²) in [5.74, 6) is 1.31. The van der Waals surface area contributed by atoms with E-state index in [9.17, 15) is 10.1 Å².